The molecule has 5 aliphatic rings. The fourth-order valence-electron chi connectivity index (χ4n) is 6.93. The number of hydrogen-bond donors (Lipinski definition) is 0. The number of aromatic nitrogens is 1. The molecule has 1 heterocycles. The van der Waals surface area contributed by atoms with Crippen molar-refractivity contribution in [2.24, 2.45) is 17.8 Å². The third-order valence-electron chi connectivity index (χ3n) is 7.77. The Balaban J connectivity index is 1.40. The Morgan fingerprint density at radius 1 is 1.00 bits per heavy atom. The number of hydrogen-bond acceptors (Lipinski definition) is 4. The molecule has 152 valence electrons. The molecular formula is C23H31NO3S. The van der Waals surface area contributed by atoms with Crippen LogP contribution in [0.3, 0.4) is 0 Å². The lowest BCUT2D eigenvalue weighted by atomic mass is 9.56. The molecule has 0 saturated heterocycles. The van der Waals surface area contributed by atoms with Gasteiger partial charge in [0.05, 0.1) is 24.0 Å². The average molecular weight is 402 g/mol. The highest BCUT2D eigenvalue weighted by Gasteiger charge is 2.51. The molecule has 1 aromatic rings. The lowest BCUT2D eigenvalue weighted by Crippen LogP contribution is -2.48. The van der Waals surface area contributed by atoms with Crippen molar-refractivity contribution in [3.8, 4) is 0 Å². The molecule has 4 bridgehead atoms. The van der Waals surface area contributed by atoms with Crippen LogP contribution in [-0.4, -0.2) is 33.9 Å². The summed E-state index contributed by atoms with van der Waals surface area (Å²) in [5.74, 6) is 2.90. The van der Waals surface area contributed by atoms with Crippen LogP contribution < -0.4 is 0 Å². The highest BCUT2D eigenvalue weighted by Crippen LogP contribution is 2.60. The van der Waals surface area contributed by atoms with Crippen molar-refractivity contribution in [1.82, 2.24) is 4.57 Å². The van der Waals surface area contributed by atoms with Crippen molar-refractivity contribution in [3.63, 3.8) is 0 Å². The summed E-state index contributed by atoms with van der Waals surface area (Å²) < 4.78 is 7.56. The zero-order chi connectivity index (χ0) is 19.6. The molecule has 1 aromatic heterocycles. The summed E-state index contributed by atoms with van der Waals surface area (Å²) in [5.41, 5.74) is 2.98. The minimum Gasteiger partial charge on any atom is -0.465 e. The van der Waals surface area contributed by atoms with E-state index in [1.54, 1.807) is 0 Å². The van der Waals surface area contributed by atoms with Gasteiger partial charge in [-0.3, -0.25) is 4.79 Å². The highest BCUT2D eigenvalue weighted by atomic mass is 32.2. The number of methoxy groups -OCH3 is 1. The standard InChI is InChI=1S/C23H31NO3S/c1-13-20(21(22(26)27-3)14(2)24(13)18-4-5-18)19(25)12-28-23-9-15-6-16(10-23)8-17(7-15)11-23/h15-18H,4-12H2,1-3H3. The van der Waals surface area contributed by atoms with Crippen LogP contribution in [0.4, 0.5) is 0 Å². The van der Waals surface area contributed by atoms with E-state index >= 15 is 0 Å². The summed E-state index contributed by atoms with van der Waals surface area (Å²) in [7, 11) is 1.41. The molecule has 5 fully saturated rings. The first-order valence-corrected chi connectivity index (χ1v) is 11.9. The second-order valence-electron chi connectivity index (χ2n) is 9.83. The van der Waals surface area contributed by atoms with E-state index in [0.29, 0.717) is 27.7 Å². The molecule has 0 unspecified atom stereocenters. The van der Waals surface area contributed by atoms with Gasteiger partial charge in [0.15, 0.2) is 5.78 Å². The molecule has 5 aliphatic carbocycles. The Kier molecular flexibility index (Phi) is 4.46. The molecule has 0 radical (unpaired) electrons. The maximum Gasteiger partial charge on any atom is 0.340 e. The van der Waals surface area contributed by atoms with Gasteiger partial charge in [0.2, 0.25) is 0 Å². The van der Waals surface area contributed by atoms with Gasteiger partial charge < -0.3 is 9.30 Å². The first-order valence-electron chi connectivity index (χ1n) is 10.9. The zero-order valence-electron chi connectivity index (χ0n) is 17.3. The van der Waals surface area contributed by atoms with Crippen molar-refractivity contribution in [3.05, 3.63) is 22.5 Å². The molecule has 0 N–H and O–H groups in total. The molecule has 5 saturated carbocycles. The van der Waals surface area contributed by atoms with Crippen molar-refractivity contribution >= 4 is 23.5 Å². The van der Waals surface area contributed by atoms with Crippen LogP contribution in [0.1, 0.15) is 89.5 Å². The Morgan fingerprint density at radius 3 is 2.04 bits per heavy atom. The summed E-state index contributed by atoms with van der Waals surface area (Å²) in [6.07, 6.45) is 10.4. The minimum atomic E-state index is -0.372. The zero-order valence-corrected chi connectivity index (χ0v) is 18.1. The fourth-order valence-corrected chi connectivity index (χ4v) is 8.57. The molecule has 6 rings (SSSR count). The fraction of sp³-hybridized carbons (Fsp3) is 0.739. The van der Waals surface area contributed by atoms with Crippen LogP contribution in [-0.2, 0) is 4.74 Å². The van der Waals surface area contributed by atoms with Crippen LogP contribution in [0.15, 0.2) is 0 Å². The molecule has 28 heavy (non-hydrogen) atoms. The van der Waals surface area contributed by atoms with Crippen molar-refractivity contribution in [2.75, 3.05) is 12.9 Å². The number of thioether (sulfide) groups is 1. The van der Waals surface area contributed by atoms with Gasteiger partial charge in [-0.05, 0) is 83.0 Å². The lowest BCUT2D eigenvalue weighted by molar-refractivity contribution is 0.0383. The first kappa shape index (κ1) is 18.8. The summed E-state index contributed by atoms with van der Waals surface area (Å²) in [6.45, 7) is 3.96. The lowest BCUT2D eigenvalue weighted by Gasteiger charge is -2.56. The SMILES string of the molecule is COC(=O)c1c(C(=O)CSC23CC4CC(CC(C4)C2)C3)c(C)n(C2CC2)c1C. The maximum absolute atomic E-state index is 13.4. The van der Waals surface area contributed by atoms with Crippen LogP contribution >= 0.6 is 11.8 Å². The van der Waals surface area contributed by atoms with Crippen molar-refractivity contribution in [1.29, 1.82) is 0 Å². The molecule has 0 spiro atoms. The summed E-state index contributed by atoms with van der Waals surface area (Å²) >= 11 is 1.90. The van der Waals surface area contributed by atoms with E-state index in [2.05, 4.69) is 4.57 Å². The normalized spacial score (nSPS) is 33.3. The predicted octanol–water partition coefficient (Wildman–Crippen LogP) is 5.11. The number of carbonyl (C=O) groups is 2. The third kappa shape index (κ3) is 2.96. The second kappa shape index (κ2) is 6.65. The van der Waals surface area contributed by atoms with Crippen LogP contribution in [0, 0.1) is 31.6 Å². The van der Waals surface area contributed by atoms with Gasteiger partial charge in [0.1, 0.15) is 0 Å². The van der Waals surface area contributed by atoms with E-state index in [-0.39, 0.29) is 11.8 Å². The van der Waals surface area contributed by atoms with Gasteiger partial charge in [0.25, 0.3) is 0 Å². The smallest absolute Gasteiger partial charge is 0.340 e. The number of esters is 1. The molecule has 0 amide bonds. The Morgan fingerprint density at radius 2 is 1.54 bits per heavy atom. The van der Waals surface area contributed by atoms with Gasteiger partial charge in [-0.15, -0.1) is 11.8 Å². The van der Waals surface area contributed by atoms with Crippen LogP contribution in [0.25, 0.3) is 0 Å². The average Bonchev–Trinajstić information content (AvgIpc) is 3.43. The largest absolute Gasteiger partial charge is 0.465 e. The monoisotopic (exact) mass is 401 g/mol. The number of carbonyl (C=O) groups excluding carboxylic acids is 2. The van der Waals surface area contributed by atoms with E-state index in [1.165, 1.54) is 45.6 Å². The summed E-state index contributed by atoms with van der Waals surface area (Å²) in [6, 6.07) is 0.445. The first-order chi connectivity index (χ1) is 13.4. The van der Waals surface area contributed by atoms with Gasteiger partial charge in [-0.25, -0.2) is 4.79 Å². The Bertz CT molecular complexity index is 800. The third-order valence-corrected chi connectivity index (χ3v) is 9.29. The molecule has 0 atom stereocenters. The van der Waals surface area contributed by atoms with E-state index in [0.717, 1.165) is 42.0 Å². The summed E-state index contributed by atoms with van der Waals surface area (Å²) in [4.78, 5) is 25.9. The molecule has 0 aromatic carbocycles. The number of nitrogens with zero attached hydrogens (tertiary/aromatic N) is 1. The molecule has 0 aliphatic heterocycles. The van der Waals surface area contributed by atoms with Crippen LogP contribution in [0.5, 0.6) is 0 Å². The maximum atomic E-state index is 13.4. The number of rotatable bonds is 6. The quantitative estimate of drug-likeness (QED) is 0.491. The van der Waals surface area contributed by atoms with Gasteiger partial charge in [-0.1, -0.05) is 0 Å². The Labute approximate surface area is 171 Å². The highest BCUT2D eigenvalue weighted by molar-refractivity contribution is 8.01. The number of Topliss-reactive ketones (excluding diaryl/α,β-unsaturated/α-hetero) is 1. The van der Waals surface area contributed by atoms with E-state index in [1.807, 2.05) is 25.6 Å². The molecule has 4 nitrogen and oxygen atoms in total. The van der Waals surface area contributed by atoms with E-state index < -0.39 is 0 Å². The van der Waals surface area contributed by atoms with Gasteiger partial charge in [-0.2, -0.15) is 0 Å². The van der Waals surface area contributed by atoms with Crippen molar-refractivity contribution < 1.29 is 14.3 Å². The van der Waals surface area contributed by atoms with Crippen LogP contribution in [0.2, 0.25) is 0 Å². The summed E-state index contributed by atoms with van der Waals surface area (Å²) in [5, 5.41) is 0. The van der Waals surface area contributed by atoms with Crippen molar-refractivity contribution in [2.45, 2.75) is 76.0 Å². The van der Waals surface area contributed by atoms with Gasteiger partial charge >= 0.3 is 5.97 Å². The second-order valence-corrected chi connectivity index (χ2v) is 11.3. The number of ether oxygens (including phenoxy) is 1. The van der Waals surface area contributed by atoms with E-state index in [4.69, 9.17) is 4.74 Å². The van der Waals surface area contributed by atoms with Gasteiger partial charge in [0, 0.05) is 22.2 Å². The predicted molar refractivity (Wildman–Crippen MR) is 111 cm³/mol. The molecule has 5 heteroatoms. The topological polar surface area (TPSA) is 48.3 Å². The van der Waals surface area contributed by atoms with E-state index in [9.17, 15) is 9.59 Å². The Hall–Kier alpha value is -1.23. The minimum absolute atomic E-state index is 0.112. The molecular weight excluding hydrogens is 370 g/mol. The number of ketones is 1.